The fourth-order valence-corrected chi connectivity index (χ4v) is 1.34. The number of esters is 1. The van der Waals surface area contributed by atoms with Gasteiger partial charge in [0, 0.05) is 12.8 Å². The molecule has 0 aliphatic carbocycles. The van der Waals surface area contributed by atoms with Crippen LogP contribution in [0.1, 0.15) is 39.5 Å². The summed E-state index contributed by atoms with van der Waals surface area (Å²) < 4.78 is 4.54. The zero-order valence-electron chi connectivity index (χ0n) is 9.79. The second kappa shape index (κ2) is 7.40. The number of carbonyl (C=O) groups excluding carboxylic acids is 2. The Morgan fingerprint density at radius 3 is 2.40 bits per heavy atom. The van der Waals surface area contributed by atoms with Gasteiger partial charge >= 0.3 is 5.97 Å². The number of methoxy groups -OCH3 is 1. The van der Waals surface area contributed by atoms with E-state index in [0.717, 1.165) is 6.42 Å². The zero-order valence-corrected chi connectivity index (χ0v) is 9.79. The van der Waals surface area contributed by atoms with Crippen LogP contribution in [0.2, 0.25) is 0 Å². The molecule has 4 nitrogen and oxygen atoms in total. The van der Waals surface area contributed by atoms with E-state index in [1.165, 1.54) is 7.11 Å². The summed E-state index contributed by atoms with van der Waals surface area (Å²) in [5.41, 5.74) is 5.65. The van der Waals surface area contributed by atoms with Crippen molar-refractivity contribution in [2.24, 2.45) is 11.7 Å². The molecule has 88 valence electrons. The normalized spacial score (nSPS) is 14.4. The molecule has 4 heteroatoms. The largest absolute Gasteiger partial charge is 0.468 e. The summed E-state index contributed by atoms with van der Waals surface area (Å²) in [6, 6.07) is -0.621. The fraction of sp³-hybridized carbons (Fsp3) is 0.818. The molecule has 15 heavy (non-hydrogen) atoms. The van der Waals surface area contributed by atoms with Gasteiger partial charge in [-0.15, -0.1) is 0 Å². The highest BCUT2D eigenvalue weighted by molar-refractivity contribution is 5.78. The van der Waals surface area contributed by atoms with Crippen molar-refractivity contribution in [3.8, 4) is 0 Å². The van der Waals surface area contributed by atoms with E-state index in [4.69, 9.17) is 5.73 Å². The topological polar surface area (TPSA) is 69.4 Å². The average Bonchev–Trinajstić information content (AvgIpc) is 2.24. The number of Topliss-reactive ketones (excluding diaryl/α,β-unsaturated/α-hetero) is 1. The van der Waals surface area contributed by atoms with Crippen LogP contribution >= 0.6 is 0 Å². The molecule has 0 fully saturated rings. The first-order chi connectivity index (χ1) is 7.02. The first kappa shape index (κ1) is 14.1. The number of ketones is 1. The van der Waals surface area contributed by atoms with Crippen molar-refractivity contribution < 1.29 is 14.3 Å². The van der Waals surface area contributed by atoms with E-state index in [-0.39, 0.29) is 11.7 Å². The van der Waals surface area contributed by atoms with E-state index in [2.05, 4.69) is 4.74 Å². The lowest BCUT2D eigenvalue weighted by Crippen LogP contribution is -2.37. The van der Waals surface area contributed by atoms with Gasteiger partial charge in [-0.25, -0.2) is 0 Å². The van der Waals surface area contributed by atoms with Crippen molar-refractivity contribution >= 4 is 11.8 Å². The minimum Gasteiger partial charge on any atom is -0.468 e. The molecule has 0 radical (unpaired) electrons. The fourth-order valence-electron chi connectivity index (χ4n) is 1.34. The third-order valence-corrected chi connectivity index (χ3v) is 2.49. The number of rotatable bonds is 7. The minimum absolute atomic E-state index is 0.0155. The van der Waals surface area contributed by atoms with Crippen molar-refractivity contribution in [2.45, 2.75) is 45.6 Å². The Hall–Kier alpha value is -0.900. The summed E-state index contributed by atoms with van der Waals surface area (Å²) >= 11 is 0. The molecule has 2 N–H and O–H groups in total. The molecule has 0 saturated carbocycles. The summed E-state index contributed by atoms with van der Waals surface area (Å²) in [6.45, 7) is 3.84. The number of hydrogen-bond acceptors (Lipinski definition) is 4. The molecular weight excluding hydrogens is 194 g/mol. The molecule has 0 bridgehead atoms. The SMILES string of the molecule is CCCC(=O)CCC(C)C(N)C(=O)OC. The van der Waals surface area contributed by atoms with Gasteiger partial charge in [-0.1, -0.05) is 13.8 Å². The second-order valence-electron chi connectivity index (χ2n) is 3.85. The quantitative estimate of drug-likeness (QED) is 0.649. The lowest BCUT2D eigenvalue weighted by atomic mass is 9.95. The maximum absolute atomic E-state index is 11.3. The van der Waals surface area contributed by atoms with Crippen molar-refractivity contribution in [1.82, 2.24) is 0 Å². The van der Waals surface area contributed by atoms with Crippen LogP contribution in [-0.4, -0.2) is 24.9 Å². The van der Waals surface area contributed by atoms with Crippen molar-refractivity contribution in [3.63, 3.8) is 0 Å². The molecule has 0 aliphatic rings. The van der Waals surface area contributed by atoms with Gasteiger partial charge in [0.25, 0.3) is 0 Å². The highest BCUT2D eigenvalue weighted by Crippen LogP contribution is 2.12. The van der Waals surface area contributed by atoms with Gasteiger partial charge in [-0.05, 0) is 18.8 Å². The Balaban J connectivity index is 3.87. The predicted molar refractivity (Wildman–Crippen MR) is 58.3 cm³/mol. The van der Waals surface area contributed by atoms with E-state index < -0.39 is 12.0 Å². The van der Waals surface area contributed by atoms with Crippen LogP contribution in [0.3, 0.4) is 0 Å². The standard InChI is InChI=1S/C11H21NO3/c1-4-5-9(13)7-6-8(2)10(12)11(14)15-3/h8,10H,4-7,12H2,1-3H3. The summed E-state index contributed by atoms with van der Waals surface area (Å²) in [6.07, 6.45) is 2.63. The van der Waals surface area contributed by atoms with Crippen LogP contribution in [0.4, 0.5) is 0 Å². The Morgan fingerprint density at radius 1 is 1.33 bits per heavy atom. The maximum Gasteiger partial charge on any atom is 0.322 e. The number of nitrogens with two attached hydrogens (primary N) is 1. The summed E-state index contributed by atoms with van der Waals surface area (Å²) in [5.74, 6) is -0.190. The molecule has 0 aromatic heterocycles. The van der Waals surface area contributed by atoms with Crippen LogP contribution in [-0.2, 0) is 14.3 Å². The smallest absolute Gasteiger partial charge is 0.322 e. The summed E-state index contributed by atoms with van der Waals surface area (Å²) in [7, 11) is 1.32. The molecule has 0 spiro atoms. The van der Waals surface area contributed by atoms with E-state index >= 15 is 0 Å². The minimum atomic E-state index is -0.621. The van der Waals surface area contributed by atoms with Crippen molar-refractivity contribution in [3.05, 3.63) is 0 Å². The van der Waals surface area contributed by atoms with Gasteiger partial charge in [0.05, 0.1) is 7.11 Å². The molecule has 0 aromatic rings. The lowest BCUT2D eigenvalue weighted by molar-refractivity contribution is -0.143. The maximum atomic E-state index is 11.3. The van der Waals surface area contributed by atoms with E-state index in [1.807, 2.05) is 13.8 Å². The summed E-state index contributed by atoms with van der Waals surface area (Å²) in [5, 5.41) is 0. The first-order valence-electron chi connectivity index (χ1n) is 5.38. The third kappa shape index (κ3) is 5.52. The molecule has 2 atom stereocenters. The molecule has 2 unspecified atom stereocenters. The Morgan fingerprint density at radius 2 is 1.93 bits per heavy atom. The van der Waals surface area contributed by atoms with Crippen molar-refractivity contribution in [2.75, 3.05) is 7.11 Å². The summed E-state index contributed by atoms with van der Waals surface area (Å²) in [4.78, 5) is 22.3. The first-order valence-corrected chi connectivity index (χ1v) is 5.38. The predicted octanol–water partition coefficient (Wildman–Crippen LogP) is 1.27. The lowest BCUT2D eigenvalue weighted by Gasteiger charge is -2.16. The molecule has 0 heterocycles. The average molecular weight is 215 g/mol. The molecule has 0 rings (SSSR count). The molecule has 0 saturated heterocycles. The van der Waals surface area contributed by atoms with Crippen LogP contribution in [0, 0.1) is 5.92 Å². The van der Waals surface area contributed by atoms with Crippen LogP contribution in [0.5, 0.6) is 0 Å². The monoisotopic (exact) mass is 215 g/mol. The van der Waals surface area contributed by atoms with Crippen molar-refractivity contribution in [1.29, 1.82) is 0 Å². The third-order valence-electron chi connectivity index (χ3n) is 2.49. The molecule has 0 aliphatic heterocycles. The van der Waals surface area contributed by atoms with Gasteiger partial charge in [0.2, 0.25) is 0 Å². The molecular formula is C11H21NO3. The Kier molecular flexibility index (Phi) is 6.96. The van der Waals surface area contributed by atoms with Crippen LogP contribution < -0.4 is 5.73 Å². The second-order valence-corrected chi connectivity index (χ2v) is 3.85. The molecule has 0 amide bonds. The number of carbonyl (C=O) groups is 2. The zero-order chi connectivity index (χ0) is 11.8. The molecule has 0 aromatic carbocycles. The number of hydrogen-bond donors (Lipinski definition) is 1. The van der Waals surface area contributed by atoms with E-state index in [1.54, 1.807) is 0 Å². The van der Waals surface area contributed by atoms with Gasteiger partial charge in [-0.2, -0.15) is 0 Å². The highest BCUT2D eigenvalue weighted by Gasteiger charge is 2.21. The Labute approximate surface area is 91.2 Å². The van der Waals surface area contributed by atoms with E-state index in [9.17, 15) is 9.59 Å². The van der Waals surface area contributed by atoms with Gasteiger partial charge in [0.1, 0.15) is 11.8 Å². The van der Waals surface area contributed by atoms with Gasteiger partial charge in [0.15, 0.2) is 0 Å². The van der Waals surface area contributed by atoms with Crippen LogP contribution in [0.15, 0.2) is 0 Å². The van der Waals surface area contributed by atoms with Gasteiger partial charge < -0.3 is 10.5 Å². The van der Waals surface area contributed by atoms with E-state index in [0.29, 0.717) is 19.3 Å². The highest BCUT2D eigenvalue weighted by atomic mass is 16.5. The van der Waals surface area contributed by atoms with Gasteiger partial charge in [-0.3, -0.25) is 9.59 Å². The Bertz CT molecular complexity index is 216. The van der Waals surface area contributed by atoms with Crippen LogP contribution in [0.25, 0.3) is 0 Å². The number of ether oxygens (including phenoxy) is 1.